The third kappa shape index (κ3) is 3.80. The number of sulfonamides is 1. The summed E-state index contributed by atoms with van der Waals surface area (Å²) in [5.41, 5.74) is 1.50. The predicted molar refractivity (Wildman–Crippen MR) is 101 cm³/mol. The predicted octanol–water partition coefficient (Wildman–Crippen LogP) is 2.41. The van der Waals surface area contributed by atoms with Crippen LogP contribution in [-0.4, -0.2) is 25.3 Å². The van der Waals surface area contributed by atoms with Crippen LogP contribution in [0, 0.1) is 28.5 Å². The van der Waals surface area contributed by atoms with E-state index in [1.165, 1.54) is 48.2 Å². The number of nitriles is 2. The monoisotopic (exact) mass is 411 g/mol. The van der Waals surface area contributed by atoms with E-state index in [1.54, 1.807) is 6.07 Å². The van der Waals surface area contributed by atoms with Crippen molar-refractivity contribution in [1.82, 2.24) is 9.78 Å². The summed E-state index contributed by atoms with van der Waals surface area (Å²) >= 11 is 0. The van der Waals surface area contributed by atoms with E-state index < -0.39 is 15.8 Å². The summed E-state index contributed by atoms with van der Waals surface area (Å²) in [7, 11) is -2.54. The summed E-state index contributed by atoms with van der Waals surface area (Å²) in [6.07, 6.45) is 0. The Kier molecular flexibility index (Phi) is 5.33. The first-order chi connectivity index (χ1) is 13.8. The minimum absolute atomic E-state index is 0.0377. The summed E-state index contributed by atoms with van der Waals surface area (Å²) in [6, 6.07) is 13.7. The second kappa shape index (κ2) is 7.72. The van der Waals surface area contributed by atoms with Gasteiger partial charge in [-0.2, -0.15) is 15.6 Å². The molecule has 0 radical (unpaired) electrons. The molecule has 1 aromatic heterocycles. The van der Waals surface area contributed by atoms with Crippen LogP contribution in [0.15, 0.2) is 47.4 Å². The van der Waals surface area contributed by atoms with Crippen LogP contribution < -0.4 is 9.88 Å². The van der Waals surface area contributed by atoms with Crippen LogP contribution in [0.5, 0.6) is 5.75 Å². The largest absolute Gasteiger partial charge is 0.494 e. The van der Waals surface area contributed by atoms with Gasteiger partial charge in [0.1, 0.15) is 24.0 Å². The number of benzene rings is 2. The van der Waals surface area contributed by atoms with Gasteiger partial charge in [-0.15, -0.1) is 0 Å². The Morgan fingerprint density at radius 1 is 1.17 bits per heavy atom. The molecule has 8 nitrogen and oxygen atoms in total. The molecule has 2 N–H and O–H groups in total. The summed E-state index contributed by atoms with van der Waals surface area (Å²) < 4.78 is 43.4. The highest BCUT2D eigenvalue weighted by molar-refractivity contribution is 7.89. The molecule has 0 amide bonds. The Hall–Kier alpha value is -3.73. The quantitative estimate of drug-likeness (QED) is 0.685. The van der Waals surface area contributed by atoms with Crippen molar-refractivity contribution in [1.29, 1.82) is 10.5 Å². The number of nitrogens with zero attached hydrogens (tertiary/aromatic N) is 4. The van der Waals surface area contributed by atoms with Crippen LogP contribution in [0.25, 0.3) is 22.4 Å². The van der Waals surface area contributed by atoms with E-state index in [2.05, 4.69) is 5.10 Å². The van der Waals surface area contributed by atoms with E-state index in [0.717, 1.165) is 0 Å². The number of hydrogen-bond donors (Lipinski definition) is 1. The average Bonchev–Trinajstić information content (AvgIpc) is 3.06. The maximum Gasteiger partial charge on any atom is 0.238 e. The van der Waals surface area contributed by atoms with Gasteiger partial charge in [0.05, 0.1) is 18.1 Å². The normalized spacial score (nSPS) is 10.9. The van der Waals surface area contributed by atoms with Crippen LogP contribution >= 0.6 is 0 Å². The molecule has 0 fully saturated rings. The molecule has 0 bridgehead atoms. The Morgan fingerprint density at radius 3 is 2.34 bits per heavy atom. The first-order valence-corrected chi connectivity index (χ1v) is 9.69. The fourth-order valence-corrected chi connectivity index (χ4v) is 3.37. The van der Waals surface area contributed by atoms with E-state index in [1.807, 2.05) is 12.1 Å². The van der Waals surface area contributed by atoms with Crippen molar-refractivity contribution >= 4 is 10.0 Å². The number of ether oxygens (including phenoxy) is 1. The van der Waals surface area contributed by atoms with Crippen molar-refractivity contribution in [3.05, 3.63) is 54.0 Å². The lowest BCUT2D eigenvalue weighted by molar-refractivity contribution is 0.386. The van der Waals surface area contributed by atoms with Crippen molar-refractivity contribution in [2.75, 3.05) is 7.11 Å². The van der Waals surface area contributed by atoms with Crippen molar-refractivity contribution in [3.63, 3.8) is 0 Å². The zero-order chi connectivity index (χ0) is 21.2. The molecule has 0 aliphatic rings. The molecular formula is C19H14FN5O3S. The Morgan fingerprint density at radius 2 is 1.83 bits per heavy atom. The molecule has 3 aromatic rings. The maximum absolute atomic E-state index is 14.3. The molecule has 0 aliphatic carbocycles. The number of halogens is 1. The van der Waals surface area contributed by atoms with E-state index in [9.17, 15) is 18.1 Å². The van der Waals surface area contributed by atoms with E-state index >= 15 is 0 Å². The van der Waals surface area contributed by atoms with Gasteiger partial charge in [0.25, 0.3) is 0 Å². The van der Waals surface area contributed by atoms with Crippen LogP contribution in [0.3, 0.4) is 0 Å². The summed E-state index contributed by atoms with van der Waals surface area (Å²) in [5.74, 6) is -0.590. The highest BCUT2D eigenvalue weighted by Gasteiger charge is 2.22. The SMILES string of the molecule is COc1ccc(-c2c(-c3ccc(S(N)(=O)=O)cc3)nn(CC#N)c2C#N)cc1F. The molecule has 10 heteroatoms. The van der Waals surface area contributed by atoms with Crippen LogP contribution in [0.1, 0.15) is 5.69 Å². The zero-order valence-electron chi connectivity index (χ0n) is 15.1. The van der Waals surface area contributed by atoms with Gasteiger partial charge >= 0.3 is 0 Å². The number of aromatic nitrogens is 2. The van der Waals surface area contributed by atoms with Crippen LogP contribution in [0.4, 0.5) is 4.39 Å². The molecule has 2 aromatic carbocycles. The highest BCUT2D eigenvalue weighted by Crippen LogP contribution is 2.36. The lowest BCUT2D eigenvalue weighted by atomic mass is 9.99. The average molecular weight is 411 g/mol. The van der Waals surface area contributed by atoms with Gasteiger partial charge in [0.2, 0.25) is 10.0 Å². The van der Waals surface area contributed by atoms with Gasteiger partial charge in [-0.1, -0.05) is 18.2 Å². The first-order valence-electron chi connectivity index (χ1n) is 8.15. The van der Waals surface area contributed by atoms with Crippen LogP contribution in [-0.2, 0) is 16.6 Å². The lowest BCUT2D eigenvalue weighted by Gasteiger charge is -2.07. The number of methoxy groups -OCH3 is 1. The van der Waals surface area contributed by atoms with E-state index in [4.69, 9.17) is 15.1 Å². The molecule has 146 valence electrons. The summed E-state index contributed by atoms with van der Waals surface area (Å²) in [4.78, 5) is -0.0877. The van der Waals surface area contributed by atoms with Gasteiger partial charge in [-0.3, -0.25) is 0 Å². The van der Waals surface area contributed by atoms with Crippen molar-refractivity contribution in [2.45, 2.75) is 11.4 Å². The second-order valence-corrected chi connectivity index (χ2v) is 7.48. The molecule has 1 heterocycles. The lowest BCUT2D eigenvalue weighted by Crippen LogP contribution is -2.11. The highest BCUT2D eigenvalue weighted by atomic mass is 32.2. The molecule has 0 aliphatic heterocycles. The van der Waals surface area contributed by atoms with Crippen molar-refractivity contribution in [2.24, 2.45) is 5.14 Å². The van der Waals surface area contributed by atoms with Crippen LogP contribution in [0.2, 0.25) is 0 Å². The van der Waals surface area contributed by atoms with E-state index in [0.29, 0.717) is 22.4 Å². The number of hydrogen-bond acceptors (Lipinski definition) is 6. The Balaban J connectivity index is 2.26. The fourth-order valence-electron chi connectivity index (χ4n) is 2.86. The topological polar surface area (TPSA) is 135 Å². The molecule has 0 saturated heterocycles. The molecule has 3 rings (SSSR count). The Bertz CT molecular complexity index is 1270. The minimum atomic E-state index is -3.88. The van der Waals surface area contributed by atoms with Gasteiger partial charge in [-0.25, -0.2) is 22.6 Å². The van der Waals surface area contributed by atoms with Gasteiger partial charge in [0.15, 0.2) is 11.6 Å². The van der Waals surface area contributed by atoms with Crippen molar-refractivity contribution in [3.8, 4) is 40.3 Å². The molecule has 0 unspecified atom stereocenters. The molecule has 29 heavy (non-hydrogen) atoms. The number of rotatable bonds is 5. The minimum Gasteiger partial charge on any atom is -0.494 e. The zero-order valence-corrected chi connectivity index (χ0v) is 15.9. The third-order valence-corrected chi connectivity index (χ3v) is 5.10. The standard InChI is InChI=1S/C19H14FN5O3S/c1-28-17-7-4-13(10-15(17)20)18-16(11-22)25(9-8-21)24-19(18)12-2-5-14(6-3-12)29(23,26)27/h2-7,10H,9H2,1H3,(H2,23,26,27). The summed E-state index contributed by atoms with van der Waals surface area (Å²) in [5, 5.41) is 28.1. The first kappa shape index (κ1) is 20.0. The molecule has 0 saturated carbocycles. The van der Waals surface area contributed by atoms with Gasteiger partial charge in [-0.05, 0) is 29.8 Å². The van der Waals surface area contributed by atoms with Crippen molar-refractivity contribution < 1.29 is 17.5 Å². The van der Waals surface area contributed by atoms with Gasteiger partial charge < -0.3 is 4.74 Å². The van der Waals surface area contributed by atoms with E-state index in [-0.39, 0.29) is 22.9 Å². The molecular weight excluding hydrogens is 397 g/mol. The summed E-state index contributed by atoms with van der Waals surface area (Å²) in [6.45, 7) is -0.191. The van der Waals surface area contributed by atoms with Gasteiger partial charge in [0, 0.05) is 11.1 Å². The molecule has 0 spiro atoms. The molecule has 0 atom stereocenters. The maximum atomic E-state index is 14.3. The second-order valence-electron chi connectivity index (χ2n) is 5.92. The Labute approximate surface area is 166 Å². The third-order valence-electron chi connectivity index (χ3n) is 4.18. The number of nitrogens with two attached hydrogens (primary N) is 1. The smallest absolute Gasteiger partial charge is 0.238 e. The number of primary sulfonamides is 1. The fraction of sp³-hybridized carbons (Fsp3) is 0.105.